The van der Waals surface area contributed by atoms with Gasteiger partial charge in [-0.05, 0) is 38.1 Å². The van der Waals surface area contributed by atoms with Crippen LogP contribution in [0.3, 0.4) is 0 Å². The third-order valence-electron chi connectivity index (χ3n) is 4.62. The SMILES string of the molecule is Cc1csc(-c2cc(NC(=O)[C@H]3CC(=O)N(c4cccc(Cl)c4)C3)c(C)s2)n1. The number of hydrogen-bond acceptors (Lipinski definition) is 5. The Balaban J connectivity index is 1.47. The molecule has 1 aliphatic rings. The van der Waals surface area contributed by atoms with Gasteiger partial charge in [-0.15, -0.1) is 22.7 Å². The quantitative estimate of drug-likeness (QED) is 0.622. The lowest BCUT2D eigenvalue weighted by Crippen LogP contribution is -2.28. The molecule has 0 radical (unpaired) electrons. The molecule has 8 heteroatoms. The van der Waals surface area contributed by atoms with E-state index in [9.17, 15) is 9.59 Å². The third kappa shape index (κ3) is 3.83. The van der Waals surface area contributed by atoms with E-state index in [4.69, 9.17) is 11.6 Å². The van der Waals surface area contributed by atoms with Crippen molar-refractivity contribution in [2.24, 2.45) is 5.92 Å². The van der Waals surface area contributed by atoms with Crippen LogP contribution in [0.4, 0.5) is 11.4 Å². The van der Waals surface area contributed by atoms with E-state index in [1.54, 1.807) is 45.8 Å². The van der Waals surface area contributed by atoms with Gasteiger partial charge in [0.2, 0.25) is 11.8 Å². The standard InChI is InChI=1S/C20H18ClN3O2S2/c1-11-10-27-20(22-11)17-8-16(12(2)28-17)23-19(26)13-6-18(25)24(9-13)15-5-3-4-14(21)7-15/h3-5,7-8,10,13H,6,9H2,1-2H3,(H,23,26)/t13-/m0/s1. The minimum absolute atomic E-state index is 0.0663. The second kappa shape index (κ2) is 7.66. The van der Waals surface area contributed by atoms with Gasteiger partial charge in [0.15, 0.2) is 0 Å². The molecule has 1 fully saturated rings. The van der Waals surface area contributed by atoms with E-state index < -0.39 is 5.92 Å². The lowest BCUT2D eigenvalue weighted by atomic mass is 10.1. The Kier molecular flexibility index (Phi) is 5.23. The largest absolute Gasteiger partial charge is 0.325 e. The van der Waals surface area contributed by atoms with Crippen LogP contribution in [0, 0.1) is 19.8 Å². The van der Waals surface area contributed by atoms with Crippen LogP contribution in [0.25, 0.3) is 9.88 Å². The van der Waals surface area contributed by atoms with E-state index in [-0.39, 0.29) is 18.2 Å². The highest BCUT2D eigenvalue weighted by molar-refractivity contribution is 7.21. The van der Waals surface area contributed by atoms with E-state index in [1.807, 2.05) is 31.4 Å². The number of nitrogens with zero attached hydrogens (tertiary/aromatic N) is 2. The van der Waals surface area contributed by atoms with Gasteiger partial charge in [0.1, 0.15) is 5.01 Å². The van der Waals surface area contributed by atoms with E-state index in [2.05, 4.69) is 10.3 Å². The van der Waals surface area contributed by atoms with Crippen LogP contribution < -0.4 is 10.2 Å². The summed E-state index contributed by atoms with van der Waals surface area (Å²) in [6, 6.07) is 9.09. The zero-order valence-electron chi connectivity index (χ0n) is 15.4. The van der Waals surface area contributed by atoms with Gasteiger partial charge in [-0.25, -0.2) is 4.98 Å². The van der Waals surface area contributed by atoms with Crippen LogP contribution in [0.5, 0.6) is 0 Å². The summed E-state index contributed by atoms with van der Waals surface area (Å²) in [5.74, 6) is -0.597. The lowest BCUT2D eigenvalue weighted by molar-refractivity contribution is -0.122. The van der Waals surface area contributed by atoms with Crippen molar-refractivity contribution in [2.45, 2.75) is 20.3 Å². The number of aromatic nitrogens is 1. The molecule has 3 heterocycles. The van der Waals surface area contributed by atoms with Crippen LogP contribution in [-0.2, 0) is 9.59 Å². The highest BCUT2D eigenvalue weighted by Crippen LogP contribution is 2.36. The molecule has 1 N–H and O–H groups in total. The van der Waals surface area contributed by atoms with Crippen molar-refractivity contribution in [1.82, 2.24) is 4.98 Å². The van der Waals surface area contributed by atoms with Gasteiger partial charge < -0.3 is 10.2 Å². The Labute approximate surface area is 176 Å². The number of rotatable bonds is 4. The number of carbonyl (C=O) groups excluding carboxylic acids is 2. The zero-order valence-corrected chi connectivity index (χ0v) is 17.7. The Morgan fingerprint density at radius 1 is 1.32 bits per heavy atom. The molecule has 0 aliphatic carbocycles. The summed E-state index contributed by atoms with van der Waals surface area (Å²) in [6.45, 7) is 4.29. The monoisotopic (exact) mass is 431 g/mol. The highest BCUT2D eigenvalue weighted by atomic mass is 35.5. The number of carbonyl (C=O) groups is 2. The fraction of sp³-hybridized carbons (Fsp3) is 0.250. The van der Waals surface area contributed by atoms with Crippen LogP contribution in [-0.4, -0.2) is 23.3 Å². The Morgan fingerprint density at radius 2 is 2.14 bits per heavy atom. The van der Waals surface area contributed by atoms with Crippen LogP contribution >= 0.6 is 34.3 Å². The number of thiophene rings is 1. The van der Waals surface area contributed by atoms with Crippen molar-refractivity contribution < 1.29 is 9.59 Å². The molecule has 1 aromatic carbocycles. The molecule has 1 saturated heterocycles. The van der Waals surface area contributed by atoms with Crippen LogP contribution in [0.1, 0.15) is 17.0 Å². The van der Waals surface area contributed by atoms with Gasteiger partial charge in [-0.3, -0.25) is 9.59 Å². The predicted molar refractivity (Wildman–Crippen MR) is 115 cm³/mol. The second-order valence-corrected chi connectivity index (χ2v) is 9.30. The minimum Gasteiger partial charge on any atom is -0.325 e. The highest BCUT2D eigenvalue weighted by Gasteiger charge is 2.35. The average Bonchev–Trinajstić information content (AvgIpc) is 3.34. The summed E-state index contributed by atoms with van der Waals surface area (Å²) in [5, 5.41) is 6.53. The molecule has 3 aromatic rings. The van der Waals surface area contributed by atoms with Crippen molar-refractivity contribution in [3.8, 4) is 9.88 Å². The van der Waals surface area contributed by atoms with Gasteiger partial charge in [0.25, 0.3) is 0 Å². The summed E-state index contributed by atoms with van der Waals surface area (Å²) in [4.78, 5) is 33.4. The van der Waals surface area contributed by atoms with E-state index in [0.717, 1.165) is 31.8 Å². The summed E-state index contributed by atoms with van der Waals surface area (Å²) in [5.41, 5.74) is 2.50. The topological polar surface area (TPSA) is 62.3 Å². The number of nitrogens with one attached hydrogen (secondary N) is 1. The van der Waals surface area contributed by atoms with Crippen molar-refractivity contribution in [2.75, 3.05) is 16.8 Å². The first-order valence-corrected chi connectivity index (χ1v) is 10.9. The maximum Gasteiger partial charge on any atom is 0.229 e. The first kappa shape index (κ1) is 19.1. The Bertz CT molecular complexity index is 1060. The summed E-state index contributed by atoms with van der Waals surface area (Å²) >= 11 is 9.23. The molecule has 0 spiro atoms. The maximum absolute atomic E-state index is 12.8. The number of amides is 2. The fourth-order valence-electron chi connectivity index (χ4n) is 3.19. The molecule has 5 nitrogen and oxygen atoms in total. The average molecular weight is 432 g/mol. The predicted octanol–water partition coefficient (Wildman–Crippen LogP) is 5.13. The third-order valence-corrected chi connectivity index (χ3v) is 7.04. The molecule has 0 saturated carbocycles. The summed E-state index contributed by atoms with van der Waals surface area (Å²) in [6.07, 6.45) is 0.195. The first-order chi connectivity index (χ1) is 13.4. The van der Waals surface area contributed by atoms with Crippen molar-refractivity contribution in [3.05, 3.63) is 51.3 Å². The summed E-state index contributed by atoms with van der Waals surface area (Å²) < 4.78 is 0. The van der Waals surface area contributed by atoms with E-state index in [0.29, 0.717) is 11.6 Å². The Hall–Kier alpha value is -2.22. The molecular weight excluding hydrogens is 414 g/mol. The van der Waals surface area contributed by atoms with Gasteiger partial charge in [0, 0.05) is 39.6 Å². The van der Waals surface area contributed by atoms with Crippen LogP contribution in [0.2, 0.25) is 5.02 Å². The molecule has 0 unspecified atom stereocenters. The fourth-order valence-corrected chi connectivity index (χ4v) is 5.21. The smallest absolute Gasteiger partial charge is 0.229 e. The van der Waals surface area contributed by atoms with E-state index >= 15 is 0 Å². The minimum atomic E-state index is -0.392. The van der Waals surface area contributed by atoms with Crippen molar-refractivity contribution in [1.29, 1.82) is 0 Å². The number of hydrogen-bond donors (Lipinski definition) is 1. The zero-order chi connectivity index (χ0) is 19.8. The first-order valence-electron chi connectivity index (χ1n) is 8.80. The van der Waals surface area contributed by atoms with Gasteiger partial charge >= 0.3 is 0 Å². The lowest BCUT2D eigenvalue weighted by Gasteiger charge is -2.17. The molecule has 28 heavy (non-hydrogen) atoms. The Morgan fingerprint density at radius 3 is 2.86 bits per heavy atom. The number of anilines is 2. The molecule has 4 rings (SSSR count). The number of halogens is 1. The molecule has 1 atom stereocenters. The van der Waals surface area contributed by atoms with Gasteiger partial charge in [-0.2, -0.15) is 0 Å². The number of thiazole rings is 1. The normalized spacial score (nSPS) is 16.6. The molecule has 1 aliphatic heterocycles. The molecule has 2 aromatic heterocycles. The van der Waals surface area contributed by atoms with Crippen molar-refractivity contribution >= 4 is 57.5 Å². The number of aryl methyl sites for hydroxylation is 2. The van der Waals surface area contributed by atoms with Gasteiger partial charge in [0.05, 0.1) is 16.5 Å². The summed E-state index contributed by atoms with van der Waals surface area (Å²) in [7, 11) is 0. The van der Waals surface area contributed by atoms with Crippen LogP contribution in [0.15, 0.2) is 35.7 Å². The van der Waals surface area contributed by atoms with E-state index in [1.165, 1.54) is 0 Å². The molecule has 2 amide bonds. The maximum atomic E-state index is 12.8. The second-order valence-electron chi connectivity index (χ2n) is 6.75. The van der Waals surface area contributed by atoms with Crippen molar-refractivity contribution in [3.63, 3.8) is 0 Å². The number of benzene rings is 1. The molecular formula is C20H18ClN3O2S2. The van der Waals surface area contributed by atoms with Gasteiger partial charge in [-0.1, -0.05) is 17.7 Å². The molecule has 144 valence electrons. The molecule has 0 bridgehead atoms.